The Balaban J connectivity index is 2.13. The predicted octanol–water partition coefficient (Wildman–Crippen LogP) is 3.30. The lowest BCUT2D eigenvalue weighted by atomic mass is 10.1. The number of pyridine rings is 1. The third-order valence-corrected chi connectivity index (χ3v) is 3.14. The third kappa shape index (κ3) is 3.68. The van der Waals surface area contributed by atoms with E-state index >= 15 is 0 Å². The van der Waals surface area contributed by atoms with Gasteiger partial charge in [0.05, 0.1) is 0 Å². The molecule has 0 bridgehead atoms. The van der Waals surface area contributed by atoms with Crippen LogP contribution >= 0.6 is 0 Å². The Morgan fingerprint density at radius 3 is 2.32 bits per heavy atom. The molecule has 0 radical (unpaired) electrons. The fourth-order valence-corrected chi connectivity index (χ4v) is 1.92. The monoisotopic (exact) mass is 253 g/mol. The van der Waals surface area contributed by atoms with Gasteiger partial charge in [0, 0.05) is 38.3 Å². The number of hydrogen-bond donors (Lipinski definition) is 0. The van der Waals surface area contributed by atoms with Gasteiger partial charge in [-0.1, -0.05) is 31.2 Å². The smallest absolute Gasteiger partial charge is 0.179 e. The van der Waals surface area contributed by atoms with Gasteiger partial charge in [0.15, 0.2) is 11.9 Å². The van der Waals surface area contributed by atoms with E-state index in [4.69, 9.17) is 0 Å². The van der Waals surface area contributed by atoms with Gasteiger partial charge in [-0.05, 0) is 23.3 Å². The Hall–Kier alpha value is -2.09. The first-order chi connectivity index (χ1) is 9.19. The van der Waals surface area contributed by atoms with Crippen molar-refractivity contribution in [2.45, 2.75) is 13.3 Å². The van der Waals surface area contributed by atoms with Crippen LogP contribution in [0.1, 0.15) is 23.7 Å². The van der Waals surface area contributed by atoms with Crippen LogP contribution in [0, 0.1) is 0 Å². The minimum absolute atomic E-state index is 1.03. The average molecular weight is 253 g/mol. The summed E-state index contributed by atoms with van der Waals surface area (Å²) in [7, 11) is 4.11. The Bertz CT molecular complexity index is 554. The number of aromatic nitrogens is 1. The summed E-state index contributed by atoms with van der Waals surface area (Å²) in [4.78, 5) is 5.34. The summed E-state index contributed by atoms with van der Waals surface area (Å²) in [5, 5.41) is 0. The predicted molar refractivity (Wildman–Crippen MR) is 82.1 cm³/mol. The first kappa shape index (κ1) is 13.3. The standard InChI is InChI=1S/C17H20N2/c1-4-16-13-15(11-12-18-16)6-5-14-7-9-17(10-8-14)19(2)3/h5-13H,4H2,1-3H3/p+1/b6-5+. The number of nitrogens with one attached hydrogen (secondary N) is 1. The number of hydrogen-bond acceptors (Lipinski definition) is 1. The molecule has 19 heavy (non-hydrogen) atoms. The maximum absolute atomic E-state index is 3.24. The normalized spacial score (nSPS) is 10.9. The summed E-state index contributed by atoms with van der Waals surface area (Å²) >= 11 is 0. The molecule has 0 aliphatic heterocycles. The van der Waals surface area contributed by atoms with Gasteiger partial charge in [0.2, 0.25) is 0 Å². The van der Waals surface area contributed by atoms with E-state index < -0.39 is 0 Å². The highest BCUT2D eigenvalue weighted by atomic mass is 15.1. The zero-order chi connectivity index (χ0) is 13.7. The van der Waals surface area contributed by atoms with Gasteiger partial charge < -0.3 is 4.90 Å². The fourth-order valence-electron chi connectivity index (χ4n) is 1.92. The van der Waals surface area contributed by atoms with E-state index in [-0.39, 0.29) is 0 Å². The highest BCUT2D eigenvalue weighted by Gasteiger charge is 1.98. The number of aromatic amines is 1. The maximum Gasteiger partial charge on any atom is 0.179 e. The van der Waals surface area contributed by atoms with Crippen LogP contribution in [0.15, 0.2) is 42.6 Å². The van der Waals surface area contributed by atoms with Crippen molar-refractivity contribution in [1.82, 2.24) is 0 Å². The van der Waals surface area contributed by atoms with Crippen molar-refractivity contribution in [1.29, 1.82) is 0 Å². The molecule has 0 spiro atoms. The van der Waals surface area contributed by atoms with Gasteiger partial charge in [0.1, 0.15) is 0 Å². The van der Waals surface area contributed by atoms with Crippen molar-refractivity contribution in [3.63, 3.8) is 0 Å². The molecule has 0 aliphatic rings. The van der Waals surface area contributed by atoms with E-state index in [9.17, 15) is 0 Å². The van der Waals surface area contributed by atoms with E-state index in [0.29, 0.717) is 0 Å². The molecule has 1 N–H and O–H groups in total. The van der Waals surface area contributed by atoms with Crippen molar-refractivity contribution in [2.75, 3.05) is 19.0 Å². The lowest BCUT2D eigenvalue weighted by Crippen LogP contribution is -2.08. The molecule has 2 aromatic rings. The molecule has 1 aromatic carbocycles. The van der Waals surface area contributed by atoms with E-state index in [1.54, 1.807) is 0 Å². The van der Waals surface area contributed by atoms with Gasteiger partial charge in [-0.25, -0.2) is 4.98 Å². The number of anilines is 1. The van der Waals surface area contributed by atoms with Gasteiger partial charge in [-0.2, -0.15) is 0 Å². The highest BCUT2D eigenvalue weighted by Crippen LogP contribution is 2.14. The summed E-state index contributed by atoms with van der Waals surface area (Å²) in [5.74, 6) is 0. The molecule has 0 aliphatic carbocycles. The summed E-state index contributed by atoms with van der Waals surface area (Å²) < 4.78 is 0. The third-order valence-electron chi connectivity index (χ3n) is 3.14. The molecule has 1 aromatic heterocycles. The van der Waals surface area contributed by atoms with E-state index in [1.807, 2.05) is 6.20 Å². The molecule has 98 valence electrons. The van der Waals surface area contributed by atoms with Gasteiger partial charge in [-0.3, -0.25) is 0 Å². The average Bonchev–Trinajstić information content (AvgIpc) is 2.46. The molecule has 1 heterocycles. The lowest BCUT2D eigenvalue weighted by Gasteiger charge is -2.11. The van der Waals surface area contributed by atoms with E-state index in [0.717, 1.165) is 6.42 Å². The minimum Gasteiger partial charge on any atom is -0.378 e. The Morgan fingerprint density at radius 1 is 1.00 bits per heavy atom. The first-order valence-electron chi connectivity index (χ1n) is 6.65. The number of H-pyrrole nitrogens is 1. The molecule has 2 nitrogen and oxygen atoms in total. The van der Waals surface area contributed by atoms with Crippen LogP contribution in [0.5, 0.6) is 0 Å². The molecule has 0 atom stereocenters. The number of rotatable bonds is 4. The number of benzene rings is 1. The molecule has 0 saturated heterocycles. The SMILES string of the molecule is CCc1cc(/C=C/c2ccc(N(C)C)cc2)cc[nH+]1. The lowest BCUT2D eigenvalue weighted by molar-refractivity contribution is -0.389. The van der Waals surface area contributed by atoms with Crippen LogP contribution in [0.2, 0.25) is 0 Å². The van der Waals surface area contributed by atoms with Gasteiger partial charge in [-0.15, -0.1) is 0 Å². The zero-order valence-electron chi connectivity index (χ0n) is 11.9. The van der Waals surface area contributed by atoms with Crippen LogP contribution in [0.4, 0.5) is 5.69 Å². The van der Waals surface area contributed by atoms with Crippen molar-refractivity contribution in [3.05, 3.63) is 59.4 Å². The van der Waals surface area contributed by atoms with E-state index in [2.05, 4.69) is 79.5 Å². The Labute approximate surface area is 115 Å². The second-order valence-electron chi connectivity index (χ2n) is 4.82. The van der Waals surface area contributed by atoms with Crippen molar-refractivity contribution in [3.8, 4) is 0 Å². The molecule has 0 fully saturated rings. The zero-order valence-corrected chi connectivity index (χ0v) is 11.9. The van der Waals surface area contributed by atoms with E-state index in [1.165, 1.54) is 22.5 Å². The van der Waals surface area contributed by atoms with Gasteiger partial charge in [0.25, 0.3) is 0 Å². The van der Waals surface area contributed by atoms with Crippen molar-refractivity contribution >= 4 is 17.8 Å². The summed E-state index contributed by atoms with van der Waals surface area (Å²) in [6.45, 7) is 2.15. The molecule has 0 saturated carbocycles. The maximum atomic E-state index is 3.24. The first-order valence-corrected chi connectivity index (χ1v) is 6.65. The second-order valence-corrected chi connectivity index (χ2v) is 4.82. The molecular formula is C17H21N2+. The quantitative estimate of drug-likeness (QED) is 0.817. The topological polar surface area (TPSA) is 17.4 Å². The minimum atomic E-state index is 1.03. The van der Waals surface area contributed by atoms with Crippen LogP contribution in [0.3, 0.4) is 0 Å². The Morgan fingerprint density at radius 2 is 1.68 bits per heavy atom. The molecule has 2 rings (SSSR count). The van der Waals surface area contributed by atoms with Crippen molar-refractivity contribution in [2.24, 2.45) is 0 Å². The number of aryl methyl sites for hydroxylation is 1. The Kier molecular flexibility index (Phi) is 4.35. The molecule has 0 amide bonds. The number of nitrogens with zero attached hydrogens (tertiary/aromatic N) is 1. The summed E-state index contributed by atoms with van der Waals surface area (Å²) in [6.07, 6.45) is 7.32. The van der Waals surface area contributed by atoms with Crippen LogP contribution in [0.25, 0.3) is 12.2 Å². The van der Waals surface area contributed by atoms with Crippen LogP contribution in [-0.4, -0.2) is 14.1 Å². The largest absolute Gasteiger partial charge is 0.378 e. The van der Waals surface area contributed by atoms with Crippen LogP contribution in [-0.2, 0) is 6.42 Å². The second kappa shape index (κ2) is 6.19. The summed E-state index contributed by atoms with van der Waals surface area (Å²) in [6, 6.07) is 12.8. The molecule has 2 heteroatoms. The van der Waals surface area contributed by atoms with Gasteiger partial charge >= 0.3 is 0 Å². The molecule has 0 unspecified atom stereocenters. The highest BCUT2D eigenvalue weighted by molar-refractivity contribution is 5.70. The molecular weight excluding hydrogens is 232 g/mol. The van der Waals surface area contributed by atoms with Crippen LogP contribution < -0.4 is 9.88 Å². The summed E-state index contributed by atoms with van der Waals surface area (Å²) in [5.41, 5.74) is 4.92. The fraction of sp³-hybridized carbons (Fsp3) is 0.235. The van der Waals surface area contributed by atoms with Crippen molar-refractivity contribution < 1.29 is 4.98 Å².